The summed E-state index contributed by atoms with van der Waals surface area (Å²) in [5, 5.41) is 6.63. The summed E-state index contributed by atoms with van der Waals surface area (Å²) in [6, 6.07) is 8.25. The minimum atomic E-state index is 0.681. The van der Waals surface area contributed by atoms with E-state index in [4.69, 9.17) is 0 Å². The van der Waals surface area contributed by atoms with Gasteiger partial charge >= 0.3 is 0 Å². The van der Waals surface area contributed by atoms with Gasteiger partial charge in [-0.1, -0.05) is 31.2 Å². The van der Waals surface area contributed by atoms with Crippen LogP contribution in [0.3, 0.4) is 0 Å². The Bertz CT molecular complexity index is 635. The van der Waals surface area contributed by atoms with Crippen LogP contribution in [0.4, 0.5) is 17.3 Å². The first-order valence-corrected chi connectivity index (χ1v) is 7.20. The molecule has 0 aliphatic rings. The van der Waals surface area contributed by atoms with Gasteiger partial charge in [0.15, 0.2) is 0 Å². The summed E-state index contributed by atoms with van der Waals surface area (Å²) in [6.45, 7) is 10.5. The second-order valence-corrected chi connectivity index (χ2v) is 4.94. The van der Waals surface area contributed by atoms with Gasteiger partial charge in [-0.25, -0.2) is 9.97 Å². The first kappa shape index (κ1) is 15.0. The summed E-state index contributed by atoms with van der Waals surface area (Å²) in [5.41, 5.74) is 3.63. The fourth-order valence-corrected chi connectivity index (χ4v) is 2.23. The Morgan fingerprint density at radius 2 is 1.95 bits per heavy atom. The van der Waals surface area contributed by atoms with Crippen molar-refractivity contribution in [1.29, 1.82) is 0 Å². The van der Waals surface area contributed by atoms with E-state index in [9.17, 15) is 0 Å². The Labute approximate surface area is 126 Å². The fraction of sp³-hybridized carbons (Fsp3) is 0.294. The maximum Gasteiger partial charge on any atom is 0.136 e. The number of aromatic nitrogens is 2. The average molecular weight is 282 g/mol. The van der Waals surface area contributed by atoms with Gasteiger partial charge in [-0.3, -0.25) is 0 Å². The summed E-state index contributed by atoms with van der Waals surface area (Å²) in [5.74, 6) is 2.34. The van der Waals surface area contributed by atoms with Crippen LogP contribution >= 0.6 is 0 Å². The summed E-state index contributed by atoms with van der Waals surface area (Å²) < 4.78 is 0. The van der Waals surface area contributed by atoms with Gasteiger partial charge in [0.1, 0.15) is 17.5 Å². The molecule has 1 aromatic carbocycles. The van der Waals surface area contributed by atoms with Crippen molar-refractivity contribution < 1.29 is 0 Å². The third kappa shape index (κ3) is 3.81. The minimum Gasteiger partial charge on any atom is -0.366 e. The molecule has 110 valence electrons. The van der Waals surface area contributed by atoms with Gasteiger partial charge in [-0.15, -0.1) is 6.58 Å². The molecule has 4 nitrogen and oxygen atoms in total. The molecule has 0 atom stereocenters. The fourth-order valence-electron chi connectivity index (χ4n) is 2.23. The highest BCUT2D eigenvalue weighted by Gasteiger charge is 2.07. The van der Waals surface area contributed by atoms with Gasteiger partial charge in [-0.05, 0) is 31.4 Å². The number of nitrogens with zero attached hydrogens (tertiary/aromatic N) is 2. The predicted molar refractivity (Wildman–Crippen MR) is 89.3 cm³/mol. The molecule has 0 saturated carbocycles. The molecular weight excluding hydrogens is 260 g/mol. The molecule has 4 heteroatoms. The number of hydrogen-bond acceptors (Lipinski definition) is 4. The smallest absolute Gasteiger partial charge is 0.136 e. The van der Waals surface area contributed by atoms with E-state index in [0.717, 1.165) is 29.6 Å². The van der Waals surface area contributed by atoms with Crippen LogP contribution < -0.4 is 10.6 Å². The van der Waals surface area contributed by atoms with E-state index in [1.807, 2.05) is 13.0 Å². The summed E-state index contributed by atoms with van der Waals surface area (Å²) >= 11 is 0. The van der Waals surface area contributed by atoms with Crippen LogP contribution in [0.1, 0.15) is 23.9 Å². The largest absolute Gasteiger partial charge is 0.366 e. The summed E-state index contributed by atoms with van der Waals surface area (Å²) in [4.78, 5) is 8.83. The lowest BCUT2D eigenvalue weighted by molar-refractivity contribution is 1.04. The molecule has 0 spiro atoms. The average Bonchev–Trinajstić information content (AvgIpc) is 2.46. The van der Waals surface area contributed by atoms with Gasteiger partial charge in [-0.2, -0.15) is 0 Å². The number of nitrogens with one attached hydrogen (secondary N) is 2. The zero-order chi connectivity index (χ0) is 15.2. The maximum atomic E-state index is 4.47. The first-order chi connectivity index (χ1) is 10.1. The number of para-hydroxylation sites is 1. The van der Waals surface area contributed by atoms with E-state index in [-0.39, 0.29) is 0 Å². The Balaban J connectivity index is 2.31. The van der Waals surface area contributed by atoms with E-state index in [1.54, 1.807) is 6.08 Å². The van der Waals surface area contributed by atoms with Gasteiger partial charge in [0.05, 0.1) is 0 Å². The summed E-state index contributed by atoms with van der Waals surface area (Å²) in [7, 11) is 0. The summed E-state index contributed by atoms with van der Waals surface area (Å²) in [6.07, 6.45) is 2.79. The van der Waals surface area contributed by atoms with Crippen molar-refractivity contribution in [3.05, 3.63) is 53.9 Å². The van der Waals surface area contributed by atoms with E-state index in [2.05, 4.69) is 59.2 Å². The van der Waals surface area contributed by atoms with Gasteiger partial charge in [0.25, 0.3) is 0 Å². The van der Waals surface area contributed by atoms with E-state index in [0.29, 0.717) is 6.54 Å². The Hall–Kier alpha value is -2.36. The van der Waals surface area contributed by atoms with Crippen molar-refractivity contribution in [2.45, 2.75) is 27.2 Å². The van der Waals surface area contributed by atoms with Crippen molar-refractivity contribution in [3.63, 3.8) is 0 Å². The number of benzene rings is 1. The van der Waals surface area contributed by atoms with Crippen LogP contribution in [-0.2, 0) is 6.42 Å². The van der Waals surface area contributed by atoms with Crippen LogP contribution in [0.15, 0.2) is 36.9 Å². The number of rotatable bonds is 6. The standard InChI is InChI=1S/C17H22N4/c1-5-10-18-15-11-16(20-13(4)19-15)21-17-12(3)8-7-9-14(17)6-2/h5,7-9,11H,1,6,10H2,2-4H3,(H2,18,19,20,21). The molecule has 2 aromatic rings. The van der Waals surface area contributed by atoms with Crippen molar-refractivity contribution in [3.8, 4) is 0 Å². The molecule has 0 saturated heterocycles. The highest BCUT2D eigenvalue weighted by molar-refractivity contribution is 5.66. The highest BCUT2D eigenvalue weighted by atomic mass is 15.1. The maximum absolute atomic E-state index is 4.47. The molecule has 1 heterocycles. The third-order valence-electron chi connectivity index (χ3n) is 3.26. The SMILES string of the molecule is C=CCNc1cc(Nc2c(C)cccc2CC)nc(C)n1. The molecule has 0 fully saturated rings. The number of aryl methyl sites for hydroxylation is 3. The van der Waals surface area contributed by atoms with Crippen LogP contribution in [0, 0.1) is 13.8 Å². The molecule has 2 rings (SSSR count). The molecule has 0 amide bonds. The molecule has 0 aliphatic carbocycles. The monoisotopic (exact) mass is 282 g/mol. The van der Waals surface area contributed by atoms with E-state index >= 15 is 0 Å². The molecule has 0 radical (unpaired) electrons. The topological polar surface area (TPSA) is 49.8 Å². The number of anilines is 3. The van der Waals surface area contributed by atoms with Crippen LogP contribution in [-0.4, -0.2) is 16.5 Å². The zero-order valence-electron chi connectivity index (χ0n) is 12.9. The van der Waals surface area contributed by atoms with Gasteiger partial charge in [0.2, 0.25) is 0 Å². The Morgan fingerprint density at radius 3 is 2.67 bits per heavy atom. The molecule has 0 unspecified atom stereocenters. The van der Waals surface area contributed by atoms with Crippen LogP contribution in [0.5, 0.6) is 0 Å². The second kappa shape index (κ2) is 6.88. The van der Waals surface area contributed by atoms with Crippen molar-refractivity contribution in [2.24, 2.45) is 0 Å². The number of hydrogen-bond donors (Lipinski definition) is 2. The first-order valence-electron chi connectivity index (χ1n) is 7.20. The quantitative estimate of drug-likeness (QED) is 0.786. The lowest BCUT2D eigenvalue weighted by Crippen LogP contribution is -2.06. The molecular formula is C17H22N4. The minimum absolute atomic E-state index is 0.681. The second-order valence-electron chi connectivity index (χ2n) is 4.94. The van der Waals surface area contributed by atoms with Crippen molar-refractivity contribution in [2.75, 3.05) is 17.2 Å². The van der Waals surface area contributed by atoms with Crippen molar-refractivity contribution >= 4 is 17.3 Å². The molecule has 2 N–H and O–H groups in total. The Morgan fingerprint density at radius 1 is 1.19 bits per heavy atom. The van der Waals surface area contributed by atoms with Gasteiger partial charge in [0, 0.05) is 18.3 Å². The molecule has 0 bridgehead atoms. The van der Waals surface area contributed by atoms with Crippen LogP contribution in [0.2, 0.25) is 0 Å². The van der Waals surface area contributed by atoms with Crippen LogP contribution in [0.25, 0.3) is 0 Å². The highest BCUT2D eigenvalue weighted by Crippen LogP contribution is 2.25. The van der Waals surface area contributed by atoms with E-state index < -0.39 is 0 Å². The lowest BCUT2D eigenvalue weighted by atomic mass is 10.1. The Kier molecular flexibility index (Phi) is 4.93. The molecule has 1 aromatic heterocycles. The lowest BCUT2D eigenvalue weighted by Gasteiger charge is -2.14. The molecule has 0 aliphatic heterocycles. The molecule has 21 heavy (non-hydrogen) atoms. The third-order valence-corrected chi connectivity index (χ3v) is 3.26. The van der Waals surface area contributed by atoms with E-state index in [1.165, 1.54) is 11.1 Å². The zero-order valence-corrected chi connectivity index (χ0v) is 12.9. The predicted octanol–water partition coefficient (Wildman–Crippen LogP) is 4.00. The normalized spacial score (nSPS) is 10.2. The van der Waals surface area contributed by atoms with Crippen molar-refractivity contribution in [1.82, 2.24) is 9.97 Å². The van der Waals surface area contributed by atoms with Gasteiger partial charge < -0.3 is 10.6 Å².